The molecular formula is C19H26O3. The minimum atomic E-state index is -0.660. The molecule has 2 atom stereocenters. The van der Waals surface area contributed by atoms with Crippen molar-refractivity contribution < 1.29 is 14.6 Å². The summed E-state index contributed by atoms with van der Waals surface area (Å²) in [6.45, 7) is 6.88. The first-order chi connectivity index (χ1) is 10.6. The normalized spacial score (nSPS) is 12.5. The largest absolute Gasteiger partial charge is 0.445 e. The Morgan fingerprint density at radius 1 is 1.23 bits per heavy atom. The zero-order chi connectivity index (χ0) is 16.6. The fraction of sp³-hybridized carbons (Fsp3) is 0.526. The fourth-order valence-corrected chi connectivity index (χ4v) is 1.57. The number of aliphatic hydroxyl groups excluding tert-OH is 1. The first kappa shape index (κ1) is 20.0. The molecule has 0 aromatic carbocycles. The highest BCUT2D eigenvalue weighted by Crippen LogP contribution is 2.05. The van der Waals surface area contributed by atoms with Crippen LogP contribution in [0.15, 0.2) is 24.8 Å². The van der Waals surface area contributed by atoms with Crippen molar-refractivity contribution in [1.29, 1.82) is 0 Å². The van der Waals surface area contributed by atoms with E-state index in [1.54, 1.807) is 6.08 Å². The Balaban J connectivity index is 4.33. The van der Waals surface area contributed by atoms with E-state index in [1.807, 2.05) is 19.1 Å². The lowest BCUT2D eigenvalue weighted by Crippen LogP contribution is -2.11. The lowest BCUT2D eigenvalue weighted by molar-refractivity contribution is -0.142. The minimum Gasteiger partial charge on any atom is -0.445 e. The number of carbonyl (C=O) groups is 1. The summed E-state index contributed by atoms with van der Waals surface area (Å²) in [5.74, 6) is 10.2. The second-order valence-corrected chi connectivity index (χ2v) is 4.85. The van der Waals surface area contributed by atoms with Crippen molar-refractivity contribution in [2.45, 2.75) is 64.6 Å². The maximum absolute atomic E-state index is 11.0. The van der Waals surface area contributed by atoms with Crippen molar-refractivity contribution in [3.05, 3.63) is 24.8 Å². The third-order valence-electron chi connectivity index (χ3n) is 2.79. The van der Waals surface area contributed by atoms with Gasteiger partial charge in [0.1, 0.15) is 6.10 Å². The summed E-state index contributed by atoms with van der Waals surface area (Å²) >= 11 is 0. The van der Waals surface area contributed by atoms with Crippen molar-refractivity contribution in [1.82, 2.24) is 0 Å². The van der Waals surface area contributed by atoms with Crippen LogP contribution in [0.25, 0.3) is 0 Å². The summed E-state index contributed by atoms with van der Waals surface area (Å²) in [5, 5.41) is 9.28. The third kappa shape index (κ3) is 13.0. The van der Waals surface area contributed by atoms with Crippen molar-refractivity contribution in [3.63, 3.8) is 0 Å². The zero-order valence-corrected chi connectivity index (χ0v) is 13.6. The predicted octanol–water partition coefficient (Wildman–Crippen LogP) is 3.39. The lowest BCUT2D eigenvalue weighted by atomic mass is 10.1. The minimum absolute atomic E-state index is 0.378. The molecule has 3 nitrogen and oxygen atoms in total. The maximum Gasteiger partial charge on any atom is 0.304 e. The Kier molecular flexibility index (Phi) is 12.7. The van der Waals surface area contributed by atoms with Gasteiger partial charge >= 0.3 is 5.97 Å². The predicted molar refractivity (Wildman–Crippen MR) is 89.8 cm³/mol. The molecule has 0 fully saturated rings. The van der Waals surface area contributed by atoms with Gasteiger partial charge in [-0.3, -0.25) is 4.79 Å². The molecule has 0 aliphatic rings. The van der Waals surface area contributed by atoms with E-state index in [1.165, 1.54) is 6.92 Å². The number of unbranched alkanes of at least 4 members (excludes halogenated alkanes) is 4. The molecule has 0 amide bonds. The standard InChI is InChI=1S/C19H26O3/c1-4-6-7-8-9-10-11-15-19(22-17(3)20)16-13-12-14-18(21)5-2/h4,11,15,18-19,21H,1,5-10H2,2-3H3/b15-11-/t18-,19-/m0/s1. The van der Waals surface area contributed by atoms with Crippen LogP contribution in [-0.2, 0) is 9.53 Å². The van der Waals surface area contributed by atoms with Crippen molar-refractivity contribution >= 4 is 5.97 Å². The number of aliphatic hydroxyl groups is 1. The smallest absolute Gasteiger partial charge is 0.304 e. The highest BCUT2D eigenvalue weighted by molar-refractivity contribution is 5.66. The Morgan fingerprint density at radius 3 is 2.55 bits per heavy atom. The van der Waals surface area contributed by atoms with E-state index in [9.17, 15) is 9.90 Å². The second kappa shape index (κ2) is 14.0. The molecule has 0 spiro atoms. The summed E-state index contributed by atoms with van der Waals surface area (Å²) in [6, 6.07) is 0. The number of carbonyl (C=O) groups excluding carboxylic acids is 1. The molecule has 0 aliphatic carbocycles. The third-order valence-corrected chi connectivity index (χ3v) is 2.79. The Hall–Kier alpha value is -1.97. The second-order valence-electron chi connectivity index (χ2n) is 4.85. The van der Waals surface area contributed by atoms with Crippen LogP contribution < -0.4 is 0 Å². The Bertz CT molecular complexity index is 468. The number of ether oxygens (including phenoxy) is 1. The average Bonchev–Trinajstić information content (AvgIpc) is 2.49. The van der Waals surface area contributed by atoms with Crippen LogP contribution in [0.5, 0.6) is 0 Å². The molecule has 0 aromatic heterocycles. The summed E-state index contributed by atoms with van der Waals surface area (Å²) in [5.41, 5.74) is 0. The first-order valence-electron chi connectivity index (χ1n) is 7.74. The number of hydrogen-bond acceptors (Lipinski definition) is 3. The summed E-state index contributed by atoms with van der Waals surface area (Å²) in [6.07, 6.45) is 10.4. The highest BCUT2D eigenvalue weighted by atomic mass is 16.5. The SMILES string of the molecule is C=CCCCCC/C=C\[C@@H](C#CC#C[C@@H](O)CC)OC(C)=O. The van der Waals surface area contributed by atoms with Gasteiger partial charge in [-0.25, -0.2) is 0 Å². The van der Waals surface area contributed by atoms with Gasteiger partial charge in [0.05, 0.1) is 0 Å². The molecule has 120 valence electrons. The molecule has 0 bridgehead atoms. The summed E-state index contributed by atoms with van der Waals surface area (Å²) in [4.78, 5) is 11.0. The Labute approximate surface area is 134 Å². The molecule has 3 heteroatoms. The lowest BCUT2D eigenvalue weighted by Gasteiger charge is -2.05. The number of rotatable bonds is 9. The molecule has 22 heavy (non-hydrogen) atoms. The first-order valence-corrected chi connectivity index (χ1v) is 7.74. The van der Waals surface area contributed by atoms with Crippen LogP contribution in [0.1, 0.15) is 52.4 Å². The van der Waals surface area contributed by atoms with Crippen LogP contribution in [0.2, 0.25) is 0 Å². The van der Waals surface area contributed by atoms with Crippen LogP contribution in [-0.4, -0.2) is 23.3 Å². The summed E-state index contributed by atoms with van der Waals surface area (Å²) in [7, 11) is 0. The van der Waals surface area contributed by atoms with Gasteiger partial charge in [-0.2, -0.15) is 0 Å². The maximum atomic E-state index is 11.0. The molecule has 1 N–H and O–H groups in total. The van der Waals surface area contributed by atoms with Gasteiger partial charge < -0.3 is 9.84 Å². The quantitative estimate of drug-likeness (QED) is 0.307. The number of esters is 1. The highest BCUT2D eigenvalue weighted by Gasteiger charge is 2.02. The molecule has 0 heterocycles. The molecule has 0 saturated heterocycles. The van der Waals surface area contributed by atoms with Gasteiger partial charge in [0, 0.05) is 6.92 Å². The number of hydrogen-bond donors (Lipinski definition) is 1. The van der Waals surface area contributed by atoms with Crippen LogP contribution in [0.4, 0.5) is 0 Å². The Morgan fingerprint density at radius 2 is 1.91 bits per heavy atom. The number of allylic oxidation sites excluding steroid dienone is 2. The van der Waals surface area contributed by atoms with Crippen molar-refractivity contribution in [3.8, 4) is 23.7 Å². The van der Waals surface area contributed by atoms with Crippen LogP contribution in [0.3, 0.4) is 0 Å². The topological polar surface area (TPSA) is 46.5 Å². The van der Waals surface area contributed by atoms with Gasteiger partial charge in [0.15, 0.2) is 6.10 Å². The van der Waals surface area contributed by atoms with E-state index in [4.69, 9.17) is 4.74 Å². The van der Waals surface area contributed by atoms with E-state index in [2.05, 4.69) is 30.3 Å². The van der Waals surface area contributed by atoms with Gasteiger partial charge in [-0.15, -0.1) is 6.58 Å². The van der Waals surface area contributed by atoms with Crippen molar-refractivity contribution in [2.24, 2.45) is 0 Å². The molecule has 0 radical (unpaired) electrons. The summed E-state index contributed by atoms with van der Waals surface area (Å²) < 4.78 is 5.09. The van der Waals surface area contributed by atoms with Crippen LogP contribution in [0, 0.1) is 23.7 Å². The van der Waals surface area contributed by atoms with E-state index >= 15 is 0 Å². The van der Waals surface area contributed by atoms with Crippen LogP contribution >= 0.6 is 0 Å². The van der Waals surface area contributed by atoms with E-state index in [-0.39, 0.29) is 5.97 Å². The molecule has 0 rings (SSSR count). The van der Waals surface area contributed by atoms with E-state index in [0.29, 0.717) is 6.42 Å². The molecule has 0 aromatic rings. The molecular weight excluding hydrogens is 276 g/mol. The average molecular weight is 302 g/mol. The van der Waals surface area contributed by atoms with Gasteiger partial charge in [0.2, 0.25) is 0 Å². The van der Waals surface area contributed by atoms with E-state index < -0.39 is 12.2 Å². The van der Waals surface area contributed by atoms with E-state index in [0.717, 1.165) is 32.1 Å². The fourth-order valence-electron chi connectivity index (χ4n) is 1.57. The van der Waals surface area contributed by atoms with Gasteiger partial charge in [-0.05, 0) is 55.9 Å². The van der Waals surface area contributed by atoms with Gasteiger partial charge in [0.25, 0.3) is 0 Å². The molecule has 0 saturated carbocycles. The van der Waals surface area contributed by atoms with Crippen molar-refractivity contribution in [2.75, 3.05) is 0 Å². The van der Waals surface area contributed by atoms with Gasteiger partial charge in [-0.1, -0.05) is 31.4 Å². The monoisotopic (exact) mass is 302 g/mol. The molecule has 0 aliphatic heterocycles. The zero-order valence-electron chi connectivity index (χ0n) is 13.6. The molecule has 0 unspecified atom stereocenters.